The fraction of sp³-hybridized carbons (Fsp3) is 0.636. The van der Waals surface area contributed by atoms with Gasteiger partial charge in [-0.1, -0.05) is 39.2 Å². The molecule has 24 heavy (non-hydrogen) atoms. The molecule has 0 aromatic heterocycles. The van der Waals surface area contributed by atoms with Gasteiger partial charge in [-0.25, -0.2) is 0 Å². The maximum atomic E-state index is 11.3. The van der Waals surface area contributed by atoms with Gasteiger partial charge in [-0.3, -0.25) is 0 Å². The Morgan fingerprint density at radius 3 is 1.33 bits per heavy atom. The predicted octanol–water partition coefficient (Wildman–Crippen LogP) is -14.3. The van der Waals surface area contributed by atoms with E-state index in [1.807, 2.05) is 0 Å². The molecule has 0 aliphatic carbocycles. The monoisotopic (exact) mass is 416 g/mol. The summed E-state index contributed by atoms with van der Waals surface area (Å²) in [6.07, 6.45) is 1.73. The van der Waals surface area contributed by atoms with Crippen LogP contribution in [0.2, 0.25) is 0 Å². The molecule has 0 fully saturated rings. The average molecular weight is 416 g/mol. The van der Waals surface area contributed by atoms with Gasteiger partial charge >= 0.3 is 118 Å². The van der Waals surface area contributed by atoms with Crippen molar-refractivity contribution in [1.82, 2.24) is 0 Å². The van der Waals surface area contributed by atoms with E-state index in [2.05, 4.69) is 0 Å². The Morgan fingerprint density at radius 2 is 1.08 bits per heavy atom. The summed E-state index contributed by atoms with van der Waals surface area (Å²) < 4.78 is 4.72. The summed E-state index contributed by atoms with van der Waals surface area (Å²) in [4.78, 5) is 67.9. The van der Waals surface area contributed by atoms with Gasteiger partial charge in [0.2, 0.25) is 5.08 Å². The normalized spacial score (nSPS) is 10.9. The Kier molecular flexibility index (Phi) is 27.1. The molecule has 0 unspecified atom stereocenters. The topological polar surface area (TPSA) is 148 Å². The van der Waals surface area contributed by atoms with Gasteiger partial charge in [0.25, 0.3) is 0 Å². The number of hydrogen-bond acceptors (Lipinski definition) is 7. The van der Waals surface area contributed by atoms with Gasteiger partial charge in [0.05, 0.1) is 13.0 Å². The first-order valence-electron chi connectivity index (χ1n) is 5.78. The molecule has 0 aromatic rings. The minimum atomic E-state index is -5.83. The summed E-state index contributed by atoms with van der Waals surface area (Å²) >= 11 is 0. The first-order chi connectivity index (χ1) is 8.83. The van der Waals surface area contributed by atoms with Crippen molar-refractivity contribution in [3.8, 4) is 0 Å². The molecule has 0 saturated heterocycles. The summed E-state index contributed by atoms with van der Waals surface area (Å²) in [5.74, 6) is 0. The molecule has 0 rings (SSSR count). The van der Waals surface area contributed by atoms with Crippen LogP contribution in [0.5, 0.6) is 0 Å². The summed E-state index contributed by atoms with van der Waals surface area (Å²) in [7, 11) is -11.7. The molecule has 0 radical (unpaired) electrons. The fourth-order valence-electron chi connectivity index (χ4n) is 1.27. The Hall–Kier alpha value is 4.06. The Labute approximate surface area is 233 Å². The minimum absolute atomic E-state index is 0. The van der Waals surface area contributed by atoms with Crippen LogP contribution in [0.25, 0.3) is 0 Å². The molecule has 0 aromatic carbocycles. The number of hydrogen-bond donors (Lipinski definition) is 0. The van der Waals surface area contributed by atoms with E-state index in [0.717, 1.165) is 5.57 Å². The van der Waals surface area contributed by atoms with Crippen LogP contribution in [0.1, 0.15) is 34.1 Å². The van der Waals surface area contributed by atoms with Gasteiger partial charge in [-0.2, -0.15) is 0 Å². The molecule has 0 heterocycles. The summed E-state index contributed by atoms with van der Waals surface area (Å²) in [6, 6.07) is 0. The van der Waals surface area contributed by atoms with E-state index in [1.165, 1.54) is 12.2 Å². The van der Waals surface area contributed by atoms with Gasteiger partial charge in [-0.05, 0) is 27.7 Å². The molecule has 0 saturated carbocycles. The number of rotatable bonds is 7. The molecule has 0 aliphatic heterocycles. The van der Waals surface area contributed by atoms with Gasteiger partial charge in [0.1, 0.15) is 0 Å². The minimum Gasteiger partial charge on any atom is -0.683 e. The van der Waals surface area contributed by atoms with Crippen molar-refractivity contribution in [1.29, 1.82) is 0 Å². The van der Waals surface area contributed by atoms with Crippen molar-refractivity contribution in [2.45, 2.75) is 39.2 Å². The molecule has 0 amide bonds. The second-order valence-corrected chi connectivity index (χ2v) is 8.60. The Bertz CT molecular complexity index is 373. The second kappa shape index (κ2) is 16.8. The van der Waals surface area contributed by atoms with Crippen molar-refractivity contribution in [2.24, 2.45) is 0 Å². The third-order valence-corrected chi connectivity index (χ3v) is 6.24. The van der Waals surface area contributed by atoms with Crippen LogP contribution in [0.3, 0.4) is 0 Å². The molecular formula is C11H18Na4O7P2. The van der Waals surface area contributed by atoms with Crippen LogP contribution in [-0.2, 0) is 4.74 Å². The van der Waals surface area contributed by atoms with E-state index >= 15 is 0 Å². The van der Waals surface area contributed by atoms with Crippen LogP contribution < -0.4 is 148 Å². The van der Waals surface area contributed by atoms with Crippen molar-refractivity contribution in [3.63, 3.8) is 0 Å². The first-order valence-corrected chi connectivity index (χ1v) is 8.87. The van der Waals surface area contributed by atoms with E-state index < -0.39 is 34.0 Å². The average Bonchev–Trinajstić information content (AvgIpc) is 2.18. The molecule has 0 N–H and O–H groups in total. The molecule has 0 atom stereocenters. The molecular weight excluding hydrogens is 398 g/mol. The van der Waals surface area contributed by atoms with Crippen molar-refractivity contribution >= 4 is 15.9 Å². The van der Waals surface area contributed by atoms with Gasteiger partial charge in [0.15, 0.2) is 0 Å². The molecule has 0 spiro atoms. The zero-order valence-corrected chi connectivity index (χ0v) is 25.6. The largest absolute Gasteiger partial charge is 1.00 e. The number of ether oxygens (including phenoxy) is 1. The maximum absolute atomic E-state index is 11.3. The van der Waals surface area contributed by atoms with Crippen LogP contribution >= 0.6 is 15.9 Å². The van der Waals surface area contributed by atoms with Crippen LogP contribution in [0.4, 0.5) is 0 Å². The summed E-state index contributed by atoms with van der Waals surface area (Å²) in [5, 5.41) is -3.29. The standard InChI is InChI=1S/C11H22O7P2.4Na/c1-9(2)5-7-11(19(12,13)14,20(15,16)17)18-8-6-10(3)4;;;;/h5-6H,7-8H2,1-4H3,(H2,12,13,14)(H2,15,16,17);;;;/q;4*+1/p-4. The van der Waals surface area contributed by atoms with Crippen molar-refractivity contribution in [3.05, 3.63) is 23.3 Å². The molecule has 0 aliphatic rings. The van der Waals surface area contributed by atoms with E-state index in [-0.39, 0.29) is 118 Å². The third kappa shape index (κ3) is 13.3. The van der Waals surface area contributed by atoms with Crippen molar-refractivity contribution in [2.75, 3.05) is 6.61 Å². The van der Waals surface area contributed by atoms with E-state index in [0.29, 0.717) is 5.57 Å². The molecule has 13 heteroatoms. The van der Waals surface area contributed by atoms with Gasteiger partial charge in [0, 0.05) is 0 Å². The molecule has 7 nitrogen and oxygen atoms in total. The molecule has 0 bridgehead atoms. The van der Waals surface area contributed by atoms with E-state index in [9.17, 15) is 29.4 Å². The number of allylic oxidation sites excluding steroid dienone is 2. The smallest absolute Gasteiger partial charge is 0.683 e. The molecule has 118 valence electrons. The fourth-order valence-corrected chi connectivity index (χ4v) is 3.56. The van der Waals surface area contributed by atoms with Crippen LogP contribution in [0, 0.1) is 0 Å². The van der Waals surface area contributed by atoms with E-state index in [4.69, 9.17) is 4.74 Å². The first kappa shape index (κ1) is 38.6. The Balaban J connectivity index is -0.000000301. The maximum Gasteiger partial charge on any atom is 1.00 e. The Morgan fingerprint density at radius 1 is 0.750 bits per heavy atom. The van der Waals surface area contributed by atoms with Gasteiger partial charge < -0.3 is 34.1 Å². The summed E-state index contributed by atoms with van der Waals surface area (Å²) in [5.41, 5.74) is 1.28. The summed E-state index contributed by atoms with van der Waals surface area (Å²) in [6.45, 7) is 6.03. The predicted molar refractivity (Wildman–Crippen MR) is 66.0 cm³/mol. The zero-order valence-electron chi connectivity index (χ0n) is 15.8. The zero-order chi connectivity index (χ0) is 16.2. The second-order valence-electron chi connectivity index (χ2n) is 4.82. The van der Waals surface area contributed by atoms with Crippen molar-refractivity contribution < 1.29 is 152 Å². The van der Waals surface area contributed by atoms with Crippen LogP contribution in [0.15, 0.2) is 23.3 Å². The van der Waals surface area contributed by atoms with Gasteiger partial charge in [-0.15, -0.1) is 0 Å². The SMILES string of the molecule is CC(C)=CCOC(CC=C(C)C)([P+]([O-])([O-])[O-])[P+]([O-])([O-])[O-].[Na+].[Na+].[Na+].[Na+]. The third-order valence-electron chi connectivity index (χ3n) is 2.44. The van der Waals surface area contributed by atoms with Crippen LogP contribution in [-0.4, -0.2) is 11.7 Å². The van der Waals surface area contributed by atoms with E-state index in [1.54, 1.807) is 27.7 Å². The quantitative estimate of drug-likeness (QED) is 0.227.